The summed E-state index contributed by atoms with van der Waals surface area (Å²) in [4.78, 5) is 15.1. The number of nitrogens with one attached hydrogen (secondary N) is 1. The number of hydrogen-bond acceptors (Lipinski definition) is 5. The number of hydrogen-bond donors (Lipinski definition) is 1. The molecule has 0 aromatic carbocycles. The van der Waals surface area contributed by atoms with Crippen molar-refractivity contribution in [3.8, 4) is 0 Å². The van der Waals surface area contributed by atoms with Crippen LogP contribution in [0.15, 0.2) is 0 Å². The third-order valence-corrected chi connectivity index (χ3v) is 3.84. The zero-order chi connectivity index (χ0) is 13.1. The number of piperazine rings is 1. The number of carbonyl (C=O) groups is 1. The topological polar surface area (TPSA) is 58.1 Å². The quantitative estimate of drug-likeness (QED) is 0.898. The lowest BCUT2D eigenvalue weighted by atomic mass is 10.1. The number of nitrogens with zero attached hydrogens (tertiary/aromatic N) is 3. The standard InChI is InChI=1S/C12H20N4OS/c1-4-5-10-11(18-15-14-10)12(17)16-6-8(2)13-9(3)7-16/h8-9,13H,4-7H2,1-3H3. The van der Waals surface area contributed by atoms with Crippen LogP contribution < -0.4 is 5.32 Å². The number of amides is 1. The molecule has 6 heteroatoms. The van der Waals surface area contributed by atoms with Gasteiger partial charge in [0.05, 0.1) is 5.69 Å². The van der Waals surface area contributed by atoms with Crippen LogP contribution in [0.2, 0.25) is 0 Å². The largest absolute Gasteiger partial charge is 0.335 e. The molecule has 0 radical (unpaired) electrons. The number of aromatic nitrogens is 2. The van der Waals surface area contributed by atoms with Gasteiger partial charge in [-0.15, -0.1) is 5.10 Å². The van der Waals surface area contributed by atoms with E-state index in [-0.39, 0.29) is 5.91 Å². The van der Waals surface area contributed by atoms with Gasteiger partial charge in [0.15, 0.2) is 0 Å². The maximum Gasteiger partial charge on any atom is 0.267 e. The van der Waals surface area contributed by atoms with Crippen molar-refractivity contribution in [2.45, 2.75) is 45.7 Å². The highest BCUT2D eigenvalue weighted by Crippen LogP contribution is 2.17. The van der Waals surface area contributed by atoms with Crippen molar-refractivity contribution in [1.29, 1.82) is 0 Å². The summed E-state index contributed by atoms with van der Waals surface area (Å²) >= 11 is 1.22. The molecule has 18 heavy (non-hydrogen) atoms. The molecule has 1 amide bonds. The van der Waals surface area contributed by atoms with Crippen LogP contribution in [0.5, 0.6) is 0 Å². The first-order valence-corrected chi connectivity index (χ1v) is 7.25. The van der Waals surface area contributed by atoms with E-state index >= 15 is 0 Å². The van der Waals surface area contributed by atoms with E-state index in [1.165, 1.54) is 11.5 Å². The van der Waals surface area contributed by atoms with Crippen LogP contribution in [0, 0.1) is 0 Å². The fourth-order valence-electron chi connectivity index (χ4n) is 2.41. The zero-order valence-electron chi connectivity index (χ0n) is 11.1. The van der Waals surface area contributed by atoms with Crippen molar-refractivity contribution in [3.05, 3.63) is 10.6 Å². The Kier molecular flexibility index (Phi) is 4.29. The lowest BCUT2D eigenvalue weighted by Crippen LogP contribution is -2.55. The molecule has 1 fully saturated rings. The average molecular weight is 268 g/mol. The van der Waals surface area contributed by atoms with Gasteiger partial charge in [0.2, 0.25) is 0 Å². The van der Waals surface area contributed by atoms with Crippen LogP contribution in [0.25, 0.3) is 0 Å². The lowest BCUT2D eigenvalue weighted by molar-refractivity contribution is 0.0677. The Labute approximate surface area is 112 Å². The fraction of sp³-hybridized carbons (Fsp3) is 0.750. The van der Waals surface area contributed by atoms with Gasteiger partial charge in [-0.1, -0.05) is 17.8 Å². The maximum atomic E-state index is 12.5. The van der Waals surface area contributed by atoms with Crippen molar-refractivity contribution >= 4 is 17.4 Å². The summed E-state index contributed by atoms with van der Waals surface area (Å²) in [6.45, 7) is 7.81. The summed E-state index contributed by atoms with van der Waals surface area (Å²) in [6.07, 6.45) is 1.81. The Hall–Kier alpha value is -1.01. The van der Waals surface area contributed by atoms with E-state index in [2.05, 4.69) is 35.7 Å². The average Bonchev–Trinajstić information content (AvgIpc) is 2.75. The van der Waals surface area contributed by atoms with Crippen LogP contribution in [0.4, 0.5) is 0 Å². The molecule has 2 unspecified atom stereocenters. The highest BCUT2D eigenvalue weighted by Gasteiger charge is 2.28. The molecule has 1 aliphatic rings. The van der Waals surface area contributed by atoms with Crippen molar-refractivity contribution in [1.82, 2.24) is 19.8 Å². The van der Waals surface area contributed by atoms with Gasteiger partial charge in [0.1, 0.15) is 4.88 Å². The monoisotopic (exact) mass is 268 g/mol. The van der Waals surface area contributed by atoms with E-state index < -0.39 is 0 Å². The normalized spacial score (nSPS) is 24.3. The number of carbonyl (C=O) groups excluding carboxylic acids is 1. The molecule has 1 aliphatic heterocycles. The smallest absolute Gasteiger partial charge is 0.267 e. The number of aryl methyl sites for hydroxylation is 1. The van der Waals surface area contributed by atoms with E-state index in [0.717, 1.165) is 36.5 Å². The summed E-state index contributed by atoms with van der Waals surface area (Å²) in [7, 11) is 0. The van der Waals surface area contributed by atoms with Crippen LogP contribution >= 0.6 is 11.5 Å². The van der Waals surface area contributed by atoms with Gasteiger partial charge in [-0.05, 0) is 31.8 Å². The Morgan fingerprint density at radius 2 is 2.11 bits per heavy atom. The summed E-state index contributed by atoms with van der Waals surface area (Å²) in [6, 6.07) is 0.682. The van der Waals surface area contributed by atoms with Crippen molar-refractivity contribution in [2.75, 3.05) is 13.1 Å². The molecular weight excluding hydrogens is 248 g/mol. The molecule has 1 aromatic rings. The first kappa shape index (κ1) is 13.4. The molecule has 0 saturated carbocycles. The minimum absolute atomic E-state index is 0.0913. The van der Waals surface area contributed by atoms with Crippen molar-refractivity contribution < 1.29 is 4.79 Å². The van der Waals surface area contributed by atoms with Gasteiger partial charge >= 0.3 is 0 Å². The van der Waals surface area contributed by atoms with Gasteiger partial charge < -0.3 is 10.2 Å². The van der Waals surface area contributed by atoms with Crippen LogP contribution in [-0.4, -0.2) is 45.6 Å². The molecule has 1 saturated heterocycles. The van der Waals surface area contributed by atoms with Crippen LogP contribution in [0.1, 0.15) is 42.6 Å². The summed E-state index contributed by atoms with van der Waals surface area (Å²) in [5, 5.41) is 7.49. The van der Waals surface area contributed by atoms with E-state index in [9.17, 15) is 4.79 Å². The van der Waals surface area contributed by atoms with Crippen molar-refractivity contribution in [2.24, 2.45) is 0 Å². The van der Waals surface area contributed by atoms with Crippen molar-refractivity contribution in [3.63, 3.8) is 0 Å². The summed E-state index contributed by atoms with van der Waals surface area (Å²) in [5.41, 5.74) is 0.853. The Balaban J connectivity index is 2.12. The molecule has 2 heterocycles. The second kappa shape index (κ2) is 5.75. The minimum atomic E-state index is 0.0913. The molecular formula is C12H20N4OS. The molecule has 2 rings (SSSR count). The van der Waals surface area contributed by atoms with Gasteiger partial charge in [-0.25, -0.2) is 0 Å². The third kappa shape index (κ3) is 2.87. The first-order chi connectivity index (χ1) is 8.61. The van der Waals surface area contributed by atoms with E-state index in [1.807, 2.05) is 4.90 Å². The number of rotatable bonds is 3. The van der Waals surface area contributed by atoms with E-state index in [0.29, 0.717) is 12.1 Å². The van der Waals surface area contributed by atoms with E-state index in [1.54, 1.807) is 0 Å². The second-order valence-corrected chi connectivity index (χ2v) is 5.73. The minimum Gasteiger partial charge on any atom is -0.335 e. The maximum absolute atomic E-state index is 12.5. The second-order valence-electron chi connectivity index (χ2n) is 4.98. The van der Waals surface area contributed by atoms with Gasteiger partial charge in [-0.3, -0.25) is 4.79 Å². The van der Waals surface area contributed by atoms with E-state index in [4.69, 9.17) is 0 Å². The highest BCUT2D eigenvalue weighted by molar-refractivity contribution is 7.08. The van der Waals surface area contributed by atoms with Gasteiger partial charge in [0.25, 0.3) is 5.91 Å². The molecule has 0 bridgehead atoms. The molecule has 1 aromatic heterocycles. The molecule has 2 atom stereocenters. The highest BCUT2D eigenvalue weighted by atomic mass is 32.1. The Bertz CT molecular complexity index is 410. The summed E-state index contributed by atoms with van der Waals surface area (Å²) < 4.78 is 3.92. The molecule has 0 aliphatic carbocycles. The van der Waals surface area contributed by atoms with Crippen LogP contribution in [0.3, 0.4) is 0 Å². The third-order valence-electron chi connectivity index (χ3n) is 3.08. The molecule has 1 N–H and O–H groups in total. The molecule has 100 valence electrons. The predicted octanol–water partition coefficient (Wildman–Crippen LogP) is 1.31. The lowest BCUT2D eigenvalue weighted by Gasteiger charge is -2.35. The molecule has 0 spiro atoms. The zero-order valence-corrected chi connectivity index (χ0v) is 12.0. The predicted molar refractivity (Wildman–Crippen MR) is 71.9 cm³/mol. The Morgan fingerprint density at radius 3 is 2.72 bits per heavy atom. The first-order valence-electron chi connectivity index (χ1n) is 6.48. The Morgan fingerprint density at radius 1 is 1.44 bits per heavy atom. The van der Waals surface area contributed by atoms with Gasteiger partial charge in [-0.2, -0.15) is 0 Å². The fourth-order valence-corrected chi connectivity index (χ4v) is 3.08. The summed E-state index contributed by atoms with van der Waals surface area (Å²) in [5.74, 6) is 0.0913. The SMILES string of the molecule is CCCc1nnsc1C(=O)N1CC(C)NC(C)C1. The van der Waals surface area contributed by atoms with Gasteiger partial charge in [0, 0.05) is 25.2 Å². The molecule has 5 nitrogen and oxygen atoms in total. The van der Waals surface area contributed by atoms with Crippen LogP contribution in [-0.2, 0) is 6.42 Å².